The topological polar surface area (TPSA) is 68.1 Å². The van der Waals surface area contributed by atoms with Crippen molar-refractivity contribution in [1.82, 2.24) is 14.8 Å². The second kappa shape index (κ2) is 7.70. The van der Waals surface area contributed by atoms with Crippen LogP contribution in [0.3, 0.4) is 0 Å². The molecule has 0 saturated heterocycles. The van der Waals surface area contributed by atoms with Crippen molar-refractivity contribution in [2.24, 2.45) is 0 Å². The van der Waals surface area contributed by atoms with Crippen molar-refractivity contribution in [3.05, 3.63) is 72.1 Å². The van der Waals surface area contributed by atoms with Gasteiger partial charge in [-0.15, -0.1) is 10.2 Å². The fraction of sp³-hybridized carbons (Fsp3) is 0.263. The molecule has 26 heavy (non-hydrogen) atoms. The van der Waals surface area contributed by atoms with Gasteiger partial charge in [0.25, 0.3) is 0 Å². The normalized spacial score (nSPS) is 11.5. The summed E-state index contributed by atoms with van der Waals surface area (Å²) in [6.07, 6.45) is 1.98. The average molecular weight is 370 g/mol. The van der Waals surface area contributed by atoms with E-state index < -0.39 is 9.84 Å². The Bertz CT molecular complexity index is 954. The number of hydrogen-bond acceptors (Lipinski definition) is 5. The highest BCUT2D eigenvalue weighted by atomic mass is 32.2. The molecule has 7 heteroatoms. The molecule has 0 aliphatic heterocycles. The van der Waals surface area contributed by atoms with E-state index in [2.05, 4.69) is 22.3 Å². The molecule has 1 heterocycles. The third-order valence-electron chi connectivity index (χ3n) is 4.11. The Hall–Kier alpha value is -2.67. The summed E-state index contributed by atoms with van der Waals surface area (Å²) >= 11 is 0. The minimum atomic E-state index is -3.20. The van der Waals surface area contributed by atoms with Gasteiger partial charge in [-0.05, 0) is 24.1 Å². The van der Waals surface area contributed by atoms with E-state index in [4.69, 9.17) is 0 Å². The molecular weight excluding hydrogens is 348 g/mol. The molecule has 3 aromatic rings. The molecule has 0 atom stereocenters. The molecule has 0 unspecified atom stereocenters. The van der Waals surface area contributed by atoms with Gasteiger partial charge < -0.3 is 4.90 Å². The molecular formula is C19H22N4O2S. The van der Waals surface area contributed by atoms with Gasteiger partial charge in [0, 0.05) is 25.5 Å². The summed E-state index contributed by atoms with van der Waals surface area (Å²) in [5, 5.41) is 8.42. The van der Waals surface area contributed by atoms with Gasteiger partial charge in [-0.1, -0.05) is 48.5 Å². The van der Waals surface area contributed by atoms with Crippen molar-refractivity contribution < 1.29 is 8.42 Å². The van der Waals surface area contributed by atoms with Crippen LogP contribution in [-0.2, 0) is 28.6 Å². The maximum atomic E-state index is 11.8. The van der Waals surface area contributed by atoms with E-state index >= 15 is 0 Å². The minimum Gasteiger partial charge on any atom is -0.314 e. The summed E-state index contributed by atoms with van der Waals surface area (Å²) in [4.78, 5) is 1.92. The maximum Gasteiger partial charge on any atom is 0.231 e. The lowest BCUT2D eigenvalue weighted by molar-refractivity contribution is 0.594. The lowest BCUT2D eigenvalue weighted by Gasteiger charge is -2.20. The smallest absolute Gasteiger partial charge is 0.231 e. The molecule has 0 saturated carbocycles. The van der Waals surface area contributed by atoms with Crippen molar-refractivity contribution in [1.29, 1.82) is 0 Å². The zero-order chi connectivity index (χ0) is 18.6. The molecule has 1 aromatic heterocycles. The van der Waals surface area contributed by atoms with Crippen molar-refractivity contribution in [2.45, 2.75) is 18.7 Å². The van der Waals surface area contributed by atoms with Crippen LogP contribution in [0.15, 0.2) is 60.7 Å². The van der Waals surface area contributed by atoms with Crippen molar-refractivity contribution in [2.75, 3.05) is 18.2 Å². The molecule has 0 N–H and O–H groups in total. The number of anilines is 2. The van der Waals surface area contributed by atoms with E-state index in [0.717, 1.165) is 12.1 Å². The molecule has 136 valence electrons. The Kier molecular flexibility index (Phi) is 5.37. The van der Waals surface area contributed by atoms with Gasteiger partial charge in [0.2, 0.25) is 5.95 Å². The summed E-state index contributed by atoms with van der Waals surface area (Å²) in [5.41, 5.74) is 2.14. The lowest BCUT2D eigenvalue weighted by atomic mass is 10.1. The van der Waals surface area contributed by atoms with Crippen LogP contribution in [0.1, 0.15) is 11.4 Å². The van der Waals surface area contributed by atoms with Crippen molar-refractivity contribution in [3.8, 4) is 0 Å². The van der Waals surface area contributed by atoms with E-state index in [1.54, 1.807) is 0 Å². The number of rotatable bonds is 7. The zero-order valence-corrected chi connectivity index (χ0v) is 15.7. The van der Waals surface area contributed by atoms with Gasteiger partial charge in [0.15, 0.2) is 9.84 Å². The first-order chi connectivity index (χ1) is 12.4. The number of nitrogens with zero attached hydrogens (tertiary/aromatic N) is 4. The van der Waals surface area contributed by atoms with Crippen LogP contribution < -0.4 is 4.90 Å². The van der Waals surface area contributed by atoms with Crippen molar-refractivity contribution in [3.63, 3.8) is 0 Å². The summed E-state index contributed by atoms with van der Waals surface area (Å²) in [5.74, 6) is 0.962. The van der Waals surface area contributed by atoms with E-state index in [-0.39, 0.29) is 5.75 Å². The summed E-state index contributed by atoms with van der Waals surface area (Å²) in [7, 11) is -1.30. The van der Waals surface area contributed by atoms with E-state index in [1.165, 1.54) is 11.8 Å². The third-order valence-corrected chi connectivity index (χ3v) is 4.89. The fourth-order valence-corrected chi connectivity index (χ4v) is 3.48. The van der Waals surface area contributed by atoms with Crippen LogP contribution in [0.25, 0.3) is 0 Å². The molecule has 0 fully saturated rings. The Morgan fingerprint density at radius 2 is 1.58 bits per heavy atom. The molecule has 0 bridgehead atoms. The third kappa shape index (κ3) is 4.49. The highest BCUT2D eigenvalue weighted by molar-refractivity contribution is 7.89. The number of aromatic nitrogens is 3. The molecule has 2 aromatic carbocycles. The van der Waals surface area contributed by atoms with Gasteiger partial charge in [0.1, 0.15) is 11.6 Å². The van der Waals surface area contributed by atoms with Gasteiger partial charge in [-0.2, -0.15) is 0 Å². The SMILES string of the molecule is CN(c1ccccc1)c1nnc(CS(C)(=O)=O)n1CCc1ccccc1. The lowest BCUT2D eigenvalue weighted by Crippen LogP contribution is -2.18. The number of para-hydroxylation sites is 1. The predicted octanol–water partition coefficient (Wildman–Crippen LogP) is 2.83. The van der Waals surface area contributed by atoms with Crippen LogP contribution in [0.2, 0.25) is 0 Å². The number of benzene rings is 2. The van der Waals surface area contributed by atoms with E-state index in [1.807, 2.05) is 65.0 Å². The quantitative estimate of drug-likeness (QED) is 0.640. The largest absolute Gasteiger partial charge is 0.314 e. The van der Waals surface area contributed by atoms with Gasteiger partial charge in [0.05, 0.1) is 0 Å². The Balaban J connectivity index is 1.93. The molecule has 0 aliphatic rings. The first kappa shape index (κ1) is 18.1. The summed E-state index contributed by atoms with van der Waals surface area (Å²) < 4.78 is 25.5. The zero-order valence-electron chi connectivity index (χ0n) is 14.9. The van der Waals surface area contributed by atoms with Gasteiger partial charge in [-0.25, -0.2) is 8.42 Å². The van der Waals surface area contributed by atoms with Crippen LogP contribution >= 0.6 is 0 Å². The second-order valence-corrected chi connectivity index (χ2v) is 8.41. The van der Waals surface area contributed by atoms with Crippen LogP contribution in [0.4, 0.5) is 11.6 Å². The standard InChI is InChI=1S/C19H22N4O2S/c1-22(17-11-7-4-8-12-17)19-21-20-18(15-26(2,24)25)23(19)14-13-16-9-5-3-6-10-16/h3-12H,13-15H2,1-2H3. The minimum absolute atomic E-state index is 0.128. The Morgan fingerprint density at radius 1 is 0.962 bits per heavy atom. The van der Waals surface area contributed by atoms with Crippen LogP contribution in [0.5, 0.6) is 0 Å². The first-order valence-electron chi connectivity index (χ1n) is 8.36. The van der Waals surface area contributed by atoms with Gasteiger partial charge >= 0.3 is 0 Å². The fourth-order valence-electron chi connectivity index (χ4n) is 2.80. The highest BCUT2D eigenvalue weighted by Crippen LogP contribution is 2.23. The number of aryl methyl sites for hydroxylation is 1. The molecule has 3 rings (SSSR count). The summed E-state index contributed by atoms with van der Waals surface area (Å²) in [6.45, 7) is 0.606. The first-order valence-corrected chi connectivity index (χ1v) is 10.4. The number of hydrogen-bond donors (Lipinski definition) is 0. The monoisotopic (exact) mass is 370 g/mol. The highest BCUT2D eigenvalue weighted by Gasteiger charge is 2.19. The van der Waals surface area contributed by atoms with Gasteiger partial charge in [-0.3, -0.25) is 4.57 Å². The molecule has 6 nitrogen and oxygen atoms in total. The van der Waals surface area contributed by atoms with E-state index in [9.17, 15) is 8.42 Å². The second-order valence-electron chi connectivity index (χ2n) is 6.27. The summed E-state index contributed by atoms with van der Waals surface area (Å²) in [6, 6.07) is 19.9. The Labute approximate surface area is 154 Å². The van der Waals surface area contributed by atoms with E-state index in [0.29, 0.717) is 18.3 Å². The maximum absolute atomic E-state index is 11.8. The number of sulfone groups is 1. The van der Waals surface area contributed by atoms with Crippen molar-refractivity contribution >= 4 is 21.5 Å². The molecule has 0 amide bonds. The van der Waals surface area contributed by atoms with Crippen LogP contribution in [0, 0.1) is 0 Å². The molecule has 0 spiro atoms. The molecule has 0 radical (unpaired) electrons. The predicted molar refractivity (Wildman–Crippen MR) is 103 cm³/mol. The van der Waals surface area contributed by atoms with Crippen LogP contribution in [-0.4, -0.2) is 36.5 Å². The average Bonchev–Trinajstić information content (AvgIpc) is 3.01. The Morgan fingerprint density at radius 3 is 2.19 bits per heavy atom. The molecule has 0 aliphatic carbocycles.